The van der Waals surface area contributed by atoms with Crippen molar-refractivity contribution in [2.75, 3.05) is 6.79 Å². The number of halogens is 2. The summed E-state index contributed by atoms with van der Waals surface area (Å²) in [5.74, 6) is -2.00. The van der Waals surface area contributed by atoms with Gasteiger partial charge in [0.2, 0.25) is 0 Å². The number of hydrogen-bond donors (Lipinski definition) is 2. The maximum absolute atomic E-state index is 13.2. The maximum atomic E-state index is 13.2. The third-order valence-corrected chi connectivity index (χ3v) is 5.59. The van der Waals surface area contributed by atoms with Gasteiger partial charge in [0.25, 0.3) is 0 Å². The molecule has 7 nitrogen and oxygen atoms in total. The molecule has 0 aromatic carbocycles. The van der Waals surface area contributed by atoms with Crippen LogP contribution in [0.2, 0.25) is 0 Å². The van der Waals surface area contributed by atoms with Crippen LogP contribution >= 0.6 is 0 Å². The molecule has 2 saturated carbocycles. The molecule has 25 heavy (non-hydrogen) atoms. The molecule has 2 rings (SSSR count). The monoisotopic (exact) mass is 385 g/mol. The first-order valence-electron chi connectivity index (χ1n) is 8.59. The van der Waals surface area contributed by atoms with E-state index in [4.69, 9.17) is 14.0 Å². The summed E-state index contributed by atoms with van der Waals surface area (Å²) in [6.45, 7) is 0.202. The Morgan fingerprint density at radius 2 is 1.52 bits per heavy atom. The van der Waals surface area contributed by atoms with Crippen LogP contribution in [-0.4, -0.2) is 49.2 Å². The van der Waals surface area contributed by atoms with Gasteiger partial charge in [0.15, 0.2) is 0 Å². The summed E-state index contributed by atoms with van der Waals surface area (Å²) >= 11 is 0. The molecule has 2 N–H and O–H groups in total. The SMILES string of the molecule is O=C(NC1CCC(OCOC2CCCCC2)CC1)C(F)(F)S(=O)(=O)O. The van der Waals surface area contributed by atoms with E-state index in [1.54, 1.807) is 0 Å². The summed E-state index contributed by atoms with van der Waals surface area (Å²) in [5, 5.41) is -2.86. The molecule has 0 atom stereocenters. The quantitative estimate of drug-likeness (QED) is 0.515. The van der Waals surface area contributed by atoms with Crippen LogP contribution in [0.15, 0.2) is 0 Å². The highest BCUT2D eigenvalue weighted by Gasteiger charge is 2.52. The first-order valence-corrected chi connectivity index (χ1v) is 10.0. The van der Waals surface area contributed by atoms with E-state index in [9.17, 15) is 22.0 Å². The standard InChI is InChI=1S/C15H25F2NO6S/c16-15(17,25(20,21)22)14(19)18-11-6-8-13(9-7-11)24-10-23-12-4-2-1-3-5-12/h11-13H,1-10H2,(H,18,19)(H,20,21,22). The summed E-state index contributed by atoms with van der Waals surface area (Å²) in [7, 11) is -5.77. The average Bonchev–Trinajstić information content (AvgIpc) is 2.56. The predicted octanol–water partition coefficient (Wildman–Crippen LogP) is 2.22. The molecule has 0 spiro atoms. The van der Waals surface area contributed by atoms with Gasteiger partial charge in [0, 0.05) is 6.04 Å². The lowest BCUT2D eigenvalue weighted by Gasteiger charge is -2.30. The summed E-state index contributed by atoms with van der Waals surface area (Å²) in [5.41, 5.74) is 0. The Bertz CT molecular complexity index is 542. The van der Waals surface area contributed by atoms with Crippen molar-refractivity contribution in [3.8, 4) is 0 Å². The van der Waals surface area contributed by atoms with Crippen LogP contribution in [-0.2, 0) is 24.4 Å². The molecule has 0 unspecified atom stereocenters. The van der Waals surface area contributed by atoms with Crippen LogP contribution in [0, 0.1) is 0 Å². The molecule has 0 aromatic heterocycles. The van der Waals surface area contributed by atoms with Gasteiger partial charge >= 0.3 is 21.3 Å². The zero-order valence-electron chi connectivity index (χ0n) is 14.0. The van der Waals surface area contributed by atoms with Crippen molar-refractivity contribution in [2.24, 2.45) is 0 Å². The molecule has 2 fully saturated rings. The van der Waals surface area contributed by atoms with Gasteiger partial charge in [-0.25, -0.2) is 0 Å². The summed E-state index contributed by atoms with van der Waals surface area (Å²) in [6.07, 6.45) is 7.73. The smallest absolute Gasteiger partial charge is 0.352 e. The van der Waals surface area contributed by atoms with Gasteiger partial charge in [-0.3, -0.25) is 9.35 Å². The van der Waals surface area contributed by atoms with Crippen LogP contribution < -0.4 is 5.32 Å². The molecular weight excluding hydrogens is 360 g/mol. The van der Waals surface area contributed by atoms with E-state index in [2.05, 4.69) is 0 Å². The zero-order valence-corrected chi connectivity index (χ0v) is 14.8. The Labute approximate surface area is 146 Å². The van der Waals surface area contributed by atoms with Crippen LogP contribution in [0.1, 0.15) is 57.8 Å². The Morgan fingerprint density at radius 1 is 1.00 bits per heavy atom. The Hall–Kier alpha value is -0.840. The van der Waals surface area contributed by atoms with Crippen molar-refractivity contribution in [3.05, 3.63) is 0 Å². The number of alkyl halides is 2. The average molecular weight is 385 g/mol. The highest BCUT2D eigenvalue weighted by molar-refractivity contribution is 7.87. The minimum atomic E-state index is -5.77. The predicted molar refractivity (Wildman–Crippen MR) is 84.6 cm³/mol. The first-order chi connectivity index (χ1) is 11.7. The third-order valence-electron chi connectivity index (χ3n) is 4.76. The van der Waals surface area contributed by atoms with Gasteiger partial charge < -0.3 is 14.8 Å². The lowest BCUT2D eigenvalue weighted by Crippen LogP contribution is -2.50. The number of hydrogen-bond acceptors (Lipinski definition) is 5. The van der Waals surface area contributed by atoms with Crippen molar-refractivity contribution in [1.82, 2.24) is 5.32 Å². The van der Waals surface area contributed by atoms with Gasteiger partial charge in [0.1, 0.15) is 6.79 Å². The second-order valence-electron chi connectivity index (χ2n) is 6.65. The van der Waals surface area contributed by atoms with Crippen molar-refractivity contribution >= 4 is 16.0 Å². The largest absolute Gasteiger partial charge is 0.446 e. The molecule has 2 aliphatic carbocycles. The number of carbonyl (C=O) groups excluding carboxylic acids is 1. The van der Waals surface area contributed by atoms with Crippen molar-refractivity contribution < 1.29 is 36.0 Å². The lowest BCUT2D eigenvalue weighted by molar-refractivity contribution is -0.140. The highest BCUT2D eigenvalue weighted by atomic mass is 32.2. The van der Waals surface area contributed by atoms with E-state index in [0.29, 0.717) is 25.7 Å². The van der Waals surface area contributed by atoms with E-state index in [1.165, 1.54) is 19.3 Å². The molecule has 146 valence electrons. The summed E-state index contributed by atoms with van der Waals surface area (Å²) in [4.78, 5) is 11.4. The molecule has 1 amide bonds. The van der Waals surface area contributed by atoms with Crippen molar-refractivity contribution in [2.45, 2.75) is 81.3 Å². The third kappa shape index (κ3) is 5.83. The Balaban J connectivity index is 1.66. The van der Waals surface area contributed by atoms with Gasteiger partial charge in [-0.1, -0.05) is 19.3 Å². The number of ether oxygens (including phenoxy) is 2. The summed E-state index contributed by atoms with van der Waals surface area (Å²) < 4.78 is 67.2. The number of amides is 1. The minimum Gasteiger partial charge on any atom is -0.352 e. The molecular formula is C15H25F2NO6S. The molecule has 0 saturated heterocycles. The first kappa shape index (κ1) is 20.5. The zero-order chi connectivity index (χ0) is 18.5. The van der Waals surface area contributed by atoms with Crippen LogP contribution in [0.4, 0.5) is 8.78 Å². The molecule has 0 radical (unpaired) electrons. The molecule has 2 aliphatic rings. The Kier molecular flexibility index (Phi) is 7.12. The normalized spacial score (nSPS) is 26.4. The van der Waals surface area contributed by atoms with E-state index in [-0.39, 0.29) is 19.0 Å². The molecule has 0 heterocycles. The van der Waals surface area contributed by atoms with E-state index < -0.39 is 27.3 Å². The van der Waals surface area contributed by atoms with Gasteiger partial charge in [-0.05, 0) is 38.5 Å². The number of nitrogens with one attached hydrogen (secondary N) is 1. The van der Waals surface area contributed by atoms with E-state index in [0.717, 1.165) is 12.8 Å². The fourth-order valence-corrected chi connectivity index (χ4v) is 3.52. The molecule has 0 aliphatic heterocycles. The summed E-state index contributed by atoms with van der Waals surface area (Å²) in [6, 6.07) is -0.570. The van der Waals surface area contributed by atoms with Crippen molar-refractivity contribution in [1.29, 1.82) is 0 Å². The van der Waals surface area contributed by atoms with E-state index >= 15 is 0 Å². The second kappa shape index (κ2) is 8.70. The molecule has 10 heteroatoms. The maximum Gasteiger partial charge on any atom is 0.446 e. The Morgan fingerprint density at radius 3 is 2.04 bits per heavy atom. The second-order valence-corrected chi connectivity index (χ2v) is 8.11. The van der Waals surface area contributed by atoms with Crippen molar-refractivity contribution in [3.63, 3.8) is 0 Å². The van der Waals surface area contributed by atoms with Crippen LogP contribution in [0.5, 0.6) is 0 Å². The van der Waals surface area contributed by atoms with Gasteiger partial charge in [0.05, 0.1) is 12.2 Å². The molecule has 0 aromatic rings. The lowest BCUT2D eigenvalue weighted by atomic mass is 9.93. The molecule has 0 bridgehead atoms. The van der Waals surface area contributed by atoms with E-state index in [1.807, 2.05) is 5.32 Å². The van der Waals surface area contributed by atoms with Crippen LogP contribution in [0.3, 0.4) is 0 Å². The van der Waals surface area contributed by atoms with Gasteiger partial charge in [-0.2, -0.15) is 17.2 Å². The number of rotatable bonds is 7. The van der Waals surface area contributed by atoms with Gasteiger partial charge in [-0.15, -0.1) is 0 Å². The fraction of sp³-hybridized carbons (Fsp3) is 0.933. The minimum absolute atomic E-state index is 0.0705. The highest BCUT2D eigenvalue weighted by Crippen LogP contribution is 2.25. The number of carbonyl (C=O) groups is 1. The van der Waals surface area contributed by atoms with Crippen LogP contribution in [0.25, 0.3) is 0 Å². The topological polar surface area (TPSA) is 102 Å². The fourth-order valence-electron chi connectivity index (χ4n) is 3.22.